The molecule has 0 aliphatic heterocycles. The van der Waals surface area contributed by atoms with Gasteiger partial charge in [0.05, 0.1) is 4.90 Å². The molecule has 0 aromatic carbocycles. The maximum atomic E-state index is 12.3. The summed E-state index contributed by atoms with van der Waals surface area (Å²) in [4.78, 5) is 3.95. The van der Waals surface area contributed by atoms with Crippen LogP contribution in [0.15, 0.2) is 23.2 Å². The van der Waals surface area contributed by atoms with Crippen molar-refractivity contribution in [3.8, 4) is 0 Å². The van der Waals surface area contributed by atoms with Crippen molar-refractivity contribution in [3.05, 3.63) is 23.5 Å². The molecule has 1 aromatic rings. The van der Waals surface area contributed by atoms with Crippen LogP contribution >= 0.6 is 11.6 Å². The van der Waals surface area contributed by atoms with Gasteiger partial charge in [-0.2, -0.15) is 4.31 Å². The zero-order valence-electron chi connectivity index (χ0n) is 10.4. The van der Waals surface area contributed by atoms with Crippen LogP contribution in [0.2, 0.25) is 5.15 Å². The second kappa shape index (κ2) is 4.92. The standard InChI is InChI=1S/C11H17ClN2O2S/c1-5-11(2,3)14(4)17(15,16)9-6-7-13-10(12)8-9/h6-8H,5H2,1-4H3. The predicted molar refractivity (Wildman–Crippen MR) is 68.6 cm³/mol. The molecule has 0 fully saturated rings. The van der Waals surface area contributed by atoms with Crippen LogP contribution in [-0.2, 0) is 10.0 Å². The van der Waals surface area contributed by atoms with Gasteiger partial charge in [0.15, 0.2) is 0 Å². The average molecular weight is 277 g/mol. The van der Waals surface area contributed by atoms with E-state index in [1.165, 1.54) is 22.6 Å². The Balaban J connectivity index is 3.21. The van der Waals surface area contributed by atoms with Gasteiger partial charge in [-0.1, -0.05) is 18.5 Å². The van der Waals surface area contributed by atoms with Gasteiger partial charge >= 0.3 is 0 Å². The third kappa shape index (κ3) is 2.97. The lowest BCUT2D eigenvalue weighted by atomic mass is 10.0. The second-order valence-corrected chi connectivity index (χ2v) is 6.81. The minimum Gasteiger partial charge on any atom is -0.244 e. The normalized spacial score (nSPS) is 13.1. The van der Waals surface area contributed by atoms with Crippen molar-refractivity contribution in [2.24, 2.45) is 0 Å². The Kier molecular flexibility index (Phi) is 4.17. The van der Waals surface area contributed by atoms with E-state index in [9.17, 15) is 8.42 Å². The number of rotatable bonds is 4. The largest absolute Gasteiger partial charge is 0.244 e. The molecule has 4 nitrogen and oxygen atoms in total. The molecule has 0 radical (unpaired) electrons. The summed E-state index contributed by atoms with van der Waals surface area (Å²) in [5.74, 6) is 0. The van der Waals surface area contributed by atoms with Crippen LogP contribution in [0.5, 0.6) is 0 Å². The van der Waals surface area contributed by atoms with Gasteiger partial charge in [-0.3, -0.25) is 0 Å². The zero-order chi connectivity index (χ0) is 13.3. The van der Waals surface area contributed by atoms with Gasteiger partial charge in [-0.05, 0) is 32.4 Å². The molecule has 1 aromatic heterocycles. The van der Waals surface area contributed by atoms with Gasteiger partial charge < -0.3 is 0 Å². The summed E-state index contributed by atoms with van der Waals surface area (Å²) >= 11 is 5.71. The first-order chi connectivity index (χ1) is 7.71. The molecule has 0 N–H and O–H groups in total. The fourth-order valence-electron chi connectivity index (χ4n) is 1.25. The van der Waals surface area contributed by atoms with Crippen LogP contribution < -0.4 is 0 Å². The van der Waals surface area contributed by atoms with Gasteiger partial charge in [0.1, 0.15) is 5.15 Å². The monoisotopic (exact) mass is 276 g/mol. The highest BCUT2D eigenvalue weighted by Crippen LogP contribution is 2.25. The number of hydrogen-bond acceptors (Lipinski definition) is 3. The molecule has 0 amide bonds. The summed E-state index contributed by atoms with van der Waals surface area (Å²) in [7, 11) is -1.95. The smallest absolute Gasteiger partial charge is 0.243 e. The summed E-state index contributed by atoms with van der Waals surface area (Å²) in [6.45, 7) is 5.71. The van der Waals surface area contributed by atoms with E-state index in [-0.39, 0.29) is 10.0 Å². The Bertz CT molecular complexity index is 500. The van der Waals surface area contributed by atoms with Gasteiger partial charge in [-0.15, -0.1) is 0 Å². The molecule has 0 aliphatic carbocycles. The maximum absolute atomic E-state index is 12.3. The van der Waals surface area contributed by atoms with Crippen LogP contribution in [0.3, 0.4) is 0 Å². The molecule has 96 valence electrons. The Hall–Kier alpha value is -0.650. The SMILES string of the molecule is CCC(C)(C)N(C)S(=O)(=O)c1ccnc(Cl)c1. The highest BCUT2D eigenvalue weighted by Gasteiger charge is 2.32. The van der Waals surface area contributed by atoms with Gasteiger partial charge in [-0.25, -0.2) is 13.4 Å². The Labute approximate surface area is 108 Å². The van der Waals surface area contributed by atoms with Crippen LogP contribution in [0.1, 0.15) is 27.2 Å². The first-order valence-corrected chi connectivity index (χ1v) is 7.14. The van der Waals surface area contributed by atoms with Crippen molar-refractivity contribution in [2.75, 3.05) is 7.05 Å². The first kappa shape index (κ1) is 14.4. The third-order valence-electron chi connectivity index (χ3n) is 3.07. The number of aromatic nitrogens is 1. The van der Waals surface area contributed by atoms with E-state index in [0.29, 0.717) is 0 Å². The molecule has 0 aliphatic rings. The Morgan fingerprint density at radius 3 is 2.53 bits per heavy atom. The summed E-state index contributed by atoms with van der Waals surface area (Å²) in [6.07, 6.45) is 2.11. The maximum Gasteiger partial charge on any atom is 0.243 e. The molecule has 0 atom stereocenters. The van der Waals surface area contributed by atoms with E-state index in [2.05, 4.69) is 4.98 Å². The van der Waals surface area contributed by atoms with Crippen LogP contribution in [0, 0.1) is 0 Å². The molecule has 0 unspecified atom stereocenters. The van der Waals surface area contributed by atoms with Crippen molar-refractivity contribution in [1.82, 2.24) is 9.29 Å². The highest BCUT2D eigenvalue weighted by molar-refractivity contribution is 7.89. The predicted octanol–water partition coefficient (Wildman–Crippen LogP) is 2.54. The third-order valence-corrected chi connectivity index (χ3v) is 5.35. The molecular weight excluding hydrogens is 260 g/mol. The average Bonchev–Trinajstić information content (AvgIpc) is 2.28. The first-order valence-electron chi connectivity index (χ1n) is 5.32. The summed E-state index contributed by atoms with van der Waals surface area (Å²) in [6, 6.07) is 2.81. The van der Waals surface area contributed by atoms with E-state index < -0.39 is 15.6 Å². The lowest BCUT2D eigenvalue weighted by Crippen LogP contribution is -2.44. The number of pyridine rings is 1. The number of hydrogen-bond donors (Lipinski definition) is 0. The fraction of sp³-hybridized carbons (Fsp3) is 0.545. The molecule has 1 rings (SSSR count). The van der Waals surface area contributed by atoms with E-state index in [1.807, 2.05) is 20.8 Å². The van der Waals surface area contributed by atoms with E-state index in [4.69, 9.17) is 11.6 Å². The molecule has 1 heterocycles. The molecule has 6 heteroatoms. The quantitative estimate of drug-likeness (QED) is 0.794. The second-order valence-electron chi connectivity index (χ2n) is 4.45. The fourth-order valence-corrected chi connectivity index (χ4v) is 3.08. The lowest BCUT2D eigenvalue weighted by molar-refractivity contribution is 0.257. The zero-order valence-corrected chi connectivity index (χ0v) is 12.0. The topological polar surface area (TPSA) is 50.3 Å². The van der Waals surface area contributed by atoms with Crippen molar-refractivity contribution in [2.45, 2.75) is 37.6 Å². The highest BCUT2D eigenvalue weighted by atomic mass is 35.5. The van der Waals surface area contributed by atoms with Crippen LogP contribution in [0.25, 0.3) is 0 Å². The summed E-state index contributed by atoms with van der Waals surface area (Å²) in [5.41, 5.74) is -0.436. The van der Waals surface area contributed by atoms with Gasteiger partial charge in [0.2, 0.25) is 10.0 Å². The Morgan fingerprint density at radius 1 is 1.47 bits per heavy atom. The van der Waals surface area contributed by atoms with E-state index >= 15 is 0 Å². The van der Waals surface area contributed by atoms with E-state index in [0.717, 1.165) is 6.42 Å². The number of halogens is 1. The van der Waals surface area contributed by atoms with Gasteiger partial charge in [0, 0.05) is 18.8 Å². The van der Waals surface area contributed by atoms with Gasteiger partial charge in [0.25, 0.3) is 0 Å². The lowest BCUT2D eigenvalue weighted by Gasteiger charge is -2.33. The molecule has 0 saturated heterocycles. The van der Waals surface area contributed by atoms with Crippen LogP contribution in [-0.4, -0.2) is 30.3 Å². The van der Waals surface area contributed by atoms with Crippen molar-refractivity contribution in [3.63, 3.8) is 0 Å². The molecule has 0 saturated carbocycles. The van der Waals surface area contributed by atoms with Crippen LogP contribution in [0.4, 0.5) is 0 Å². The van der Waals surface area contributed by atoms with Crippen molar-refractivity contribution >= 4 is 21.6 Å². The van der Waals surface area contributed by atoms with Crippen molar-refractivity contribution < 1.29 is 8.42 Å². The summed E-state index contributed by atoms with van der Waals surface area (Å²) in [5, 5.41) is 0.175. The molecular formula is C11H17ClN2O2S. The Morgan fingerprint density at radius 2 is 2.06 bits per heavy atom. The minimum absolute atomic E-state index is 0.168. The molecule has 17 heavy (non-hydrogen) atoms. The number of sulfonamides is 1. The minimum atomic E-state index is -3.52. The summed E-state index contributed by atoms with van der Waals surface area (Å²) < 4.78 is 26.0. The molecule has 0 bridgehead atoms. The number of nitrogens with zero attached hydrogens (tertiary/aromatic N) is 2. The van der Waals surface area contributed by atoms with E-state index in [1.54, 1.807) is 7.05 Å². The van der Waals surface area contributed by atoms with Crippen molar-refractivity contribution in [1.29, 1.82) is 0 Å². The molecule has 0 spiro atoms.